The normalized spacial score (nSPS) is 26.9. The van der Waals surface area contributed by atoms with Crippen LogP contribution in [0.2, 0.25) is 0 Å². The monoisotopic (exact) mass is 291 g/mol. The van der Waals surface area contributed by atoms with Crippen LogP contribution < -0.4 is 10.6 Å². The molecule has 1 saturated heterocycles. The lowest BCUT2D eigenvalue weighted by Gasteiger charge is -2.22. The van der Waals surface area contributed by atoms with Crippen LogP contribution in [0.5, 0.6) is 0 Å². The van der Waals surface area contributed by atoms with Gasteiger partial charge in [-0.25, -0.2) is 4.68 Å². The molecule has 0 aromatic carbocycles. The zero-order valence-electron chi connectivity index (χ0n) is 12.7. The molecule has 0 bridgehead atoms. The highest BCUT2D eigenvalue weighted by atomic mass is 16.2. The molecule has 1 aliphatic carbocycles. The predicted octanol–water partition coefficient (Wildman–Crippen LogP) is 1.37. The molecule has 6 nitrogen and oxygen atoms in total. The maximum Gasteiger partial charge on any atom is 0.273 e. The van der Waals surface area contributed by atoms with Crippen LogP contribution in [0.25, 0.3) is 0 Å². The third kappa shape index (κ3) is 3.61. The van der Waals surface area contributed by atoms with Crippen LogP contribution in [0.4, 0.5) is 0 Å². The summed E-state index contributed by atoms with van der Waals surface area (Å²) >= 11 is 0. The van der Waals surface area contributed by atoms with E-state index in [4.69, 9.17) is 0 Å². The van der Waals surface area contributed by atoms with Gasteiger partial charge in [0.1, 0.15) is 0 Å². The van der Waals surface area contributed by atoms with E-state index >= 15 is 0 Å². The summed E-state index contributed by atoms with van der Waals surface area (Å²) in [5.74, 6) is 1.34. The van der Waals surface area contributed by atoms with E-state index in [0.29, 0.717) is 17.7 Å². The minimum absolute atomic E-state index is 0.0882. The number of aromatic nitrogens is 3. The second-order valence-electron chi connectivity index (χ2n) is 6.56. The Morgan fingerprint density at radius 1 is 1.38 bits per heavy atom. The van der Waals surface area contributed by atoms with Gasteiger partial charge in [0.2, 0.25) is 0 Å². The van der Waals surface area contributed by atoms with Crippen LogP contribution >= 0.6 is 0 Å². The molecular formula is C15H25N5O. The number of piperidine rings is 1. The van der Waals surface area contributed by atoms with E-state index in [9.17, 15) is 4.79 Å². The van der Waals surface area contributed by atoms with Crippen LogP contribution in [0.15, 0.2) is 6.20 Å². The summed E-state index contributed by atoms with van der Waals surface area (Å²) in [5.41, 5.74) is 0.444. The van der Waals surface area contributed by atoms with Gasteiger partial charge in [0.05, 0.1) is 12.2 Å². The van der Waals surface area contributed by atoms with Gasteiger partial charge in [-0.05, 0) is 50.6 Å². The summed E-state index contributed by atoms with van der Waals surface area (Å²) in [6.45, 7) is 5.06. The molecule has 2 heterocycles. The number of carbonyl (C=O) groups is 1. The number of hydrogen-bond acceptors (Lipinski definition) is 4. The summed E-state index contributed by atoms with van der Waals surface area (Å²) in [5, 5.41) is 14.5. The van der Waals surface area contributed by atoms with Crippen LogP contribution in [-0.2, 0) is 0 Å². The molecule has 1 aromatic heterocycles. The van der Waals surface area contributed by atoms with Gasteiger partial charge in [0.15, 0.2) is 5.69 Å². The largest absolute Gasteiger partial charge is 0.350 e. The van der Waals surface area contributed by atoms with Crippen molar-refractivity contribution in [3.63, 3.8) is 0 Å². The Morgan fingerprint density at radius 3 is 2.90 bits per heavy atom. The van der Waals surface area contributed by atoms with Crippen LogP contribution in [-0.4, -0.2) is 40.5 Å². The van der Waals surface area contributed by atoms with E-state index in [1.165, 1.54) is 19.3 Å². The summed E-state index contributed by atoms with van der Waals surface area (Å²) in [6, 6.07) is 0.371. The minimum atomic E-state index is -0.0882. The highest BCUT2D eigenvalue weighted by molar-refractivity contribution is 5.91. The van der Waals surface area contributed by atoms with Gasteiger partial charge in [-0.2, -0.15) is 0 Å². The first kappa shape index (κ1) is 14.5. The molecule has 1 amide bonds. The van der Waals surface area contributed by atoms with Crippen LogP contribution in [0.3, 0.4) is 0 Å². The van der Waals surface area contributed by atoms with E-state index in [1.807, 2.05) is 4.68 Å². The summed E-state index contributed by atoms with van der Waals surface area (Å²) in [6.07, 6.45) is 7.62. The van der Waals surface area contributed by atoms with Crippen LogP contribution in [0.1, 0.15) is 55.6 Å². The predicted molar refractivity (Wildman–Crippen MR) is 80.0 cm³/mol. The smallest absolute Gasteiger partial charge is 0.273 e. The molecule has 116 valence electrons. The number of nitrogens with one attached hydrogen (secondary N) is 2. The van der Waals surface area contributed by atoms with Gasteiger partial charge in [-0.1, -0.05) is 18.6 Å². The highest BCUT2D eigenvalue weighted by Gasteiger charge is 2.23. The van der Waals surface area contributed by atoms with Gasteiger partial charge in [0.25, 0.3) is 5.91 Å². The zero-order valence-corrected chi connectivity index (χ0v) is 12.7. The molecule has 2 unspecified atom stereocenters. The average Bonchev–Trinajstić information content (AvgIpc) is 3.15. The van der Waals surface area contributed by atoms with E-state index < -0.39 is 0 Å². The van der Waals surface area contributed by atoms with Gasteiger partial charge in [-0.15, -0.1) is 5.10 Å². The Morgan fingerprint density at radius 2 is 2.19 bits per heavy atom. The Labute approximate surface area is 125 Å². The number of carbonyl (C=O) groups excluding carboxylic acids is 1. The SMILES string of the molecule is CC1CCC(CNC(=O)c2cn(C3CCNCC3)nn2)C1. The third-order valence-corrected chi connectivity index (χ3v) is 4.78. The fourth-order valence-electron chi connectivity index (χ4n) is 3.47. The zero-order chi connectivity index (χ0) is 14.7. The summed E-state index contributed by atoms with van der Waals surface area (Å²) in [4.78, 5) is 12.1. The summed E-state index contributed by atoms with van der Waals surface area (Å²) < 4.78 is 1.85. The Bertz CT molecular complexity index is 480. The van der Waals surface area contributed by atoms with E-state index in [2.05, 4.69) is 27.9 Å². The van der Waals surface area contributed by atoms with Gasteiger partial charge in [-0.3, -0.25) is 4.79 Å². The Balaban J connectivity index is 1.51. The lowest BCUT2D eigenvalue weighted by atomic mass is 10.1. The third-order valence-electron chi connectivity index (χ3n) is 4.78. The maximum atomic E-state index is 12.1. The molecule has 2 aliphatic rings. The fourth-order valence-corrected chi connectivity index (χ4v) is 3.47. The van der Waals surface area contributed by atoms with Gasteiger partial charge in [0, 0.05) is 6.54 Å². The molecular weight excluding hydrogens is 266 g/mol. The van der Waals surface area contributed by atoms with Crippen molar-refractivity contribution in [3.8, 4) is 0 Å². The second-order valence-corrected chi connectivity index (χ2v) is 6.56. The van der Waals surface area contributed by atoms with E-state index in [-0.39, 0.29) is 5.91 Å². The van der Waals surface area contributed by atoms with Crippen molar-refractivity contribution in [2.45, 2.75) is 45.1 Å². The van der Waals surface area contributed by atoms with E-state index in [0.717, 1.165) is 38.4 Å². The van der Waals surface area contributed by atoms with Crippen molar-refractivity contribution in [3.05, 3.63) is 11.9 Å². The molecule has 1 saturated carbocycles. The van der Waals surface area contributed by atoms with Crippen molar-refractivity contribution in [1.82, 2.24) is 25.6 Å². The Hall–Kier alpha value is -1.43. The number of rotatable bonds is 4. The molecule has 2 fully saturated rings. The lowest BCUT2D eigenvalue weighted by Crippen LogP contribution is -2.30. The molecule has 0 radical (unpaired) electrons. The van der Waals surface area contributed by atoms with Crippen molar-refractivity contribution >= 4 is 5.91 Å². The first-order valence-corrected chi connectivity index (χ1v) is 8.13. The van der Waals surface area contributed by atoms with E-state index in [1.54, 1.807) is 6.20 Å². The molecule has 1 aromatic rings. The number of hydrogen-bond donors (Lipinski definition) is 2. The summed E-state index contributed by atoms with van der Waals surface area (Å²) in [7, 11) is 0. The molecule has 3 rings (SSSR count). The highest BCUT2D eigenvalue weighted by Crippen LogP contribution is 2.29. The minimum Gasteiger partial charge on any atom is -0.350 e. The van der Waals surface area contributed by atoms with Crippen molar-refractivity contribution in [2.24, 2.45) is 11.8 Å². The molecule has 21 heavy (non-hydrogen) atoms. The van der Waals surface area contributed by atoms with Gasteiger partial charge >= 0.3 is 0 Å². The number of amides is 1. The molecule has 2 N–H and O–H groups in total. The number of nitrogens with zero attached hydrogens (tertiary/aromatic N) is 3. The second kappa shape index (κ2) is 6.56. The molecule has 2 atom stereocenters. The first-order chi connectivity index (χ1) is 10.2. The van der Waals surface area contributed by atoms with Crippen molar-refractivity contribution in [2.75, 3.05) is 19.6 Å². The fraction of sp³-hybridized carbons (Fsp3) is 0.800. The molecule has 1 aliphatic heterocycles. The topological polar surface area (TPSA) is 71.8 Å². The first-order valence-electron chi connectivity index (χ1n) is 8.13. The van der Waals surface area contributed by atoms with Gasteiger partial charge < -0.3 is 10.6 Å². The average molecular weight is 291 g/mol. The standard InChI is InChI=1S/C15H25N5O/c1-11-2-3-12(8-11)9-17-15(21)14-10-20(19-18-14)13-4-6-16-7-5-13/h10-13,16H,2-9H2,1H3,(H,17,21). The van der Waals surface area contributed by atoms with Crippen molar-refractivity contribution in [1.29, 1.82) is 0 Å². The van der Waals surface area contributed by atoms with Crippen molar-refractivity contribution < 1.29 is 4.79 Å². The molecule has 6 heteroatoms. The Kier molecular flexibility index (Phi) is 4.53. The maximum absolute atomic E-state index is 12.1. The van der Waals surface area contributed by atoms with Crippen LogP contribution in [0, 0.1) is 11.8 Å². The quantitative estimate of drug-likeness (QED) is 0.879. The molecule has 0 spiro atoms. The lowest BCUT2D eigenvalue weighted by molar-refractivity contribution is 0.0942.